The summed E-state index contributed by atoms with van der Waals surface area (Å²) in [5, 5.41) is 8.39. The number of carbonyl (C=O) groups is 2. The molecule has 2 aromatic carbocycles. The van der Waals surface area contributed by atoms with E-state index in [-0.39, 0.29) is 16.9 Å². The standard InChI is InChI=1S/C21H23N3O4S/c1-4-19(25)22-15-6-5-7-16(13-15)23-21(29)24-20(26)11-9-14-8-10-17(27-2)18(12-14)28-3/h5-13H,4H2,1-3H3,(H,22,25)(H2,23,24,26,29)/b11-9+. The first-order valence-corrected chi connectivity index (χ1v) is 9.28. The molecule has 2 rings (SSSR count). The second-order valence-electron chi connectivity index (χ2n) is 5.87. The molecule has 8 heteroatoms. The van der Waals surface area contributed by atoms with Crippen LogP contribution in [-0.2, 0) is 9.59 Å². The van der Waals surface area contributed by atoms with Crippen LogP contribution in [0, 0.1) is 0 Å². The van der Waals surface area contributed by atoms with Gasteiger partial charge in [-0.25, -0.2) is 0 Å². The summed E-state index contributed by atoms with van der Waals surface area (Å²) < 4.78 is 10.4. The van der Waals surface area contributed by atoms with Crippen LogP contribution in [0.4, 0.5) is 11.4 Å². The number of methoxy groups -OCH3 is 2. The van der Waals surface area contributed by atoms with E-state index in [0.29, 0.717) is 29.3 Å². The Hall–Kier alpha value is -3.39. The Balaban J connectivity index is 1.94. The van der Waals surface area contributed by atoms with Crippen LogP contribution in [0.25, 0.3) is 6.08 Å². The summed E-state index contributed by atoms with van der Waals surface area (Å²) >= 11 is 5.17. The highest BCUT2D eigenvalue weighted by atomic mass is 32.1. The van der Waals surface area contributed by atoms with Crippen LogP contribution in [0.2, 0.25) is 0 Å². The minimum absolute atomic E-state index is 0.0849. The van der Waals surface area contributed by atoms with Gasteiger partial charge in [-0.05, 0) is 54.2 Å². The molecule has 0 aromatic heterocycles. The normalized spacial score (nSPS) is 10.3. The lowest BCUT2D eigenvalue weighted by Gasteiger charge is -2.10. The quantitative estimate of drug-likeness (QED) is 0.475. The maximum Gasteiger partial charge on any atom is 0.250 e. The van der Waals surface area contributed by atoms with Crippen molar-refractivity contribution in [3.63, 3.8) is 0 Å². The first-order valence-electron chi connectivity index (χ1n) is 8.87. The van der Waals surface area contributed by atoms with E-state index < -0.39 is 0 Å². The van der Waals surface area contributed by atoms with Crippen LogP contribution in [-0.4, -0.2) is 31.1 Å². The first kappa shape index (κ1) is 21.9. The summed E-state index contributed by atoms with van der Waals surface area (Å²) in [6, 6.07) is 12.4. The average molecular weight is 413 g/mol. The second kappa shape index (κ2) is 10.8. The van der Waals surface area contributed by atoms with E-state index in [4.69, 9.17) is 21.7 Å². The topological polar surface area (TPSA) is 88.7 Å². The highest BCUT2D eigenvalue weighted by Crippen LogP contribution is 2.27. The largest absolute Gasteiger partial charge is 0.493 e. The van der Waals surface area contributed by atoms with Crippen LogP contribution in [0.5, 0.6) is 11.5 Å². The van der Waals surface area contributed by atoms with E-state index in [0.717, 1.165) is 5.56 Å². The number of nitrogens with one attached hydrogen (secondary N) is 3. The minimum Gasteiger partial charge on any atom is -0.493 e. The van der Waals surface area contributed by atoms with Crippen LogP contribution in [0.15, 0.2) is 48.5 Å². The van der Waals surface area contributed by atoms with Crippen molar-refractivity contribution in [2.45, 2.75) is 13.3 Å². The van der Waals surface area contributed by atoms with E-state index in [1.54, 1.807) is 69.7 Å². The van der Waals surface area contributed by atoms with Gasteiger partial charge in [0, 0.05) is 23.9 Å². The Bertz CT molecular complexity index is 928. The zero-order chi connectivity index (χ0) is 21.2. The van der Waals surface area contributed by atoms with Crippen molar-refractivity contribution in [1.29, 1.82) is 0 Å². The Morgan fingerprint density at radius 3 is 2.34 bits per heavy atom. The summed E-state index contributed by atoms with van der Waals surface area (Å²) in [6.45, 7) is 1.78. The summed E-state index contributed by atoms with van der Waals surface area (Å²) in [5.41, 5.74) is 2.06. The van der Waals surface area contributed by atoms with E-state index in [9.17, 15) is 9.59 Å². The fourth-order valence-electron chi connectivity index (χ4n) is 2.37. The van der Waals surface area contributed by atoms with Gasteiger partial charge in [0.15, 0.2) is 16.6 Å². The lowest BCUT2D eigenvalue weighted by atomic mass is 10.2. The van der Waals surface area contributed by atoms with E-state index >= 15 is 0 Å². The van der Waals surface area contributed by atoms with Gasteiger partial charge in [0.05, 0.1) is 14.2 Å². The van der Waals surface area contributed by atoms with Gasteiger partial charge in [-0.15, -0.1) is 0 Å². The van der Waals surface area contributed by atoms with Crippen LogP contribution in [0.3, 0.4) is 0 Å². The van der Waals surface area contributed by atoms with Gasteiger partial charge in [0.2, 0.25) is 11.8 Å². The Morgan fingerprint density at radius 1 is 1.00 bits per heavy atom. The number of benzene rings is 2. The lowest BCUT2D eigenvalue weighted by Crippen LogP contribution is -2.32. The average Bonchev–Trinajstić information content (AvgIpc) is 2.71. The molecule has 0 atom stereocenters. The van der Waals surface area contributed by atoms with Gasteiger partial charge in [-0.2, -0.15) is 0 Å². The Morgan fingerprint density at radius 2 is 1.69 bits per heavy atom. The lowest BCUT2D eigenvalue weighted by molar-refractivity contribution is -0.116. The molecule has 0 saturated heterocycles. The highest BCUT2D eigenvalue weighted by molar-refractivity contribution is 7.80. The number of amides is 2. The molecular formula is C21H23N3O4S. The predicted octanol–water partition coefficient (Wildman–Crippen LogP) is 3.58. The molecule has 0 heterocycles. The minimum atomic E-state index is -0.382. The van der Waals surface area contributed by atoms with Crippen molar-refractivity contribution in [3.8, 4) is 11.5 Å². The Labute approximate surface area is 175 Å². The molecule has 3 N–H and O–H groups in total. The first-order chi connectivity index (χ1) is 13.9. The Kier molecular flexibility index (Phi) is 8.17. The molecule has 0 aliphatic rings. The molecular weight excluding hydrogens is 390 g/mol. The zero-order valence-corrected chi connectivity index (χ0v) is 17.3. The van der Waals surface area contributed by atoms with Crippen molar-refractivity contribution in [1.82, 2.24) is 5.32 Å². The van der Waals surface area contributed by atoms with Gasteiger partial charge < -0.3 is 20.1 Å². The molecule has 2 amide bonds. The monoisotopic (exact) mass is 413 g/mol. The van der Waals surface area contributed by atoms with Gasteiger partial charge >= 0.3 is 0 Å². The third kappa shape index (κ3) is 6.93. The summed E-state index contributed by atoms with van der Waals surface area (Å²) in [7, 11) is 3.10. The van der Waals surface area contributed by atoms with Crippen LogP contribution < -0.4 is 25.4 Å². The molecule has 29 heavy (non-hydrogen) atoms. The van der Waals surface area contributed by atoms with E-state index in [2.05, 4.69) is 16.0 Å². The molecule has 0 radical (unpaired) electrons. The van der Waals surface area contributed by atoms with Crippen molar-refractivity contribution in [2.24, 2.45) is 0 Å². The van der Waals surface area contributed by atoms with Gasteiger partial charge in [-0.1, -0.05) is 19.1 Å². The molecule has 0 bridgehead atoms. The number of thiocarbonyl (C=S) groups is 1. The maximum atomic E-state index is 12.1. The van der Waals surface area contributed by atoms with E-state index in [1.807, 2.05) is 0 Å². The molecule has 7 nitrogen and oxygen atoms in total. The van der Waals surface area contributed by atoms with Crippen LogP contribution in [0.1, 0.15) is 18.9 Å². The molecule has 0 aliphatic carbocycles. The molecule has 2 aromatic rings. The molecule has 0 aliphatic heterocycles. The fourth-order valence-corrected chi connectivity index (χ4v) is 2.59. The smallest absolute Gasteiger partial charge is 0.250 e. The molecule has 0 spiro atoms. The third-order valence-corrected chi connectivity index (χ3v) is 4.00. The molecule has 0 saturated carbocycles. The number of ether oxygens (including phenoxy) is 2. The number of anilines is 2. The fraction of sp³-hybridized carbons (Fsp3) is 0.190. The van der Waals surface area contributed by atoms with Crippen molar-refractivity contribution in [2.75, 3.05) is 24.9 Å². The van der Waals surface area contributed by atoms with Crippen LogP contribution >= 0.6 is 12.2 Å². The number of rotatable bonds is 7. The summed E-state index contributed by atoms with van der Waals surface area (Å²) in [5.74, 6) is 0.713. The molecule has 0 fully saturated rings. The van der Waals surface area contributed by atoms with Crippen molar-refractivity contribution < 1.29 is 19.1 Å². The summed E-state index contributed by atoms with van der Waals surface area (Å²) in [4.78, 5) is 23.6. The maximum absolute atomic E-state index is 12.1. The zero-order valence-electron chi connectivity index (χ0n) is 16.4. The molecule has 0 unspecified atom stereocenters. The van der Waals surface area contributed by atoms with Gasteiger partial charge in [-0.3, -0.25) is 14.9 Å². The number of carbonyl (C=O) groups excluding carboxylic acids is 2. The van der Waals surface area contributed by atoms with Crippen molar-refractivity contribution >= 4 is 46.6 Å². The van der Waals surface area contributed by atoms with Gasteiger partial charge in [0.1, 0.15) is 0 Å². The third-order valence-electron chi connectivity index (χ3n) is 3.80. The molecule has 152 valence electrons. The SMILES string of the molecule is CCC(=O)Nc1cccc(NC(=S)NC(=O)/C=C/c2ccc(OC)c(OC)c2)c1. The van der Waals surface area contributed by atoms with E-state index in [1.165, 1.54) is 6.08 Å². The predicted molar refractivity (Wildman–Crippen MR) is 118 cm³/mol. The highest BCUT2D eigenvalue weighted by Gasteiger charge is 2.05. The second-order valence-corrected chi connectivity index (χ2v) is 6.28. The summed E-state index contributed by atoms with van der Waals surface area (Å²) in [6.07, 6.45) is 3.40. The number of hydrogen-bond acceptors (Lipinski definition) is 5. The number of hydrogen-bond donors (Lipinski definition) is 3. The van der Waals surface area contributed by atoms with Crippen molar-refractivity contribution in [3.05, 3.63) is 54.1 Å². The van der Waals surface area contributed by atoms with Gasteiger partial charge in [0.25, 0.3) is 0 Å².